The molecule has 5 aromatic rings. The van der Waals surface area contributed by atoms with E-state index in [0.717, 1.165) is 12.8 Å². The third-order valence-corrected chi connectivity index (χ3v) is 7.95. The minimum atomic E-state index is -0.0512. The lowest BCUT2D eigenvalue weighted by Crippen LogP contribution is -2.53. The number of pyridine rings is 1. The summed E-state index contributed by atoms with van der Waals surface area (Å²) < 4.78 is 5.13. The lowest BCUT2D eigenvalue weighted by Gasteiger charge is -2.24. The van der Waals surface area contributed by atoms with E-state index in [9.17, 15) is 0 Å². The fourth-order valence-corrected chi connectivity index (χ4v) is 6.07. The monoisotopic (exact) mass is 431 g/mol. The summed E-state index contributed by atoms with van der Waals surface area (Å²) in [4.78, 5) is 0. The molecule has 0 atom stereocenters. The van der Waals surface area contributed by atoms with Crippen molar-refractivity contribution in [2.24, 2.45) is 0 Å². The van der Waals surface area contributed by atoms with Crippen molar-refractivity contribution in [3.8, 4) is 11.3 Å². The van der Waals surface area contributed by atoms with Gasteiger partial charge in [-0.3, -0.25) is 0 Å². The summed E-state index contributed by atoms with van der Waals surface area (Å²) >= 11 is 0. The van der Waals surface area contributed by atoms with Crippen LogP contribution in [0.15, 0.2) is 66.9 Å². The molecule has 0 radical (unpaired) electrons. The SMILES string of the molecule is CCC1(CC)C=Cc2cccc3c4cc(C)ccc4n4c(-c5c(C)cccc5C)c[n+]1c4c23. The summed E-state index contributed by atoms with van der Waals surface area (Å²) in [6.07, 6.45) is 9.35. The first-order chi connectivity index (χ1) is 16.0. The third-order valence-electron chi connectivity index (χ3n) is 7.95. The highest BCUT2D eigenvalue weighted by Crippen LogP contribution is 2.40. The van der Waals surface area contributed by atoms with Crippen LogP contribution < -0.4 is 4.57 Å². The molecule has 164 valence electrons. The molecule has 2 nitrogen and oxygen atoms in total. The zero-order valence-electron chi connectivity index (χ0n) is 20.2. The number of imidazole rings is 1. The minimum Gasteiger partial charge on any atom is -0.220 e. The molecule has 33 heavy (non-hydrogen) atoms. The second-order valence-electron chi connectivity index (χ2n) is 9.74. The van der Waals surface area contributed by atoms with Gasteiger partial charge in [0.05, 0.1) is 5.39 Å². The van der Waals surface area contributed by atoms with Gasteiger partial charge in [0.2, 0.25) is 0 Å². The van der Waals surface area contributed by atoms with Gasteiger partial charge in [-0.05, 0) is 68.5 Å². The average Bonchev–Trinajstić information content (AvgIpc) is 3.14. The molecule has 0 saturated carbocycles. The molecular formula is C31H31N2+. The van der Waals surface area contributed by atoms with E-state index >= 15 is 0 Å². The number of benzene rings is 3. The molecule has 1 aliphatic rings. The fraction of sp³-hybridized carbons (Fsp3) is 0.258. The minimum absolute atomic E-state index is 0.0512. The molecule has 1 aliphatic heterocycles. The van der Waals surface area contributed by atoms with E-state index in [4.69, 9.17) is 0 Å². The Morgan fingerprint density at radius 1 is 0.848 bits per heavy atom. The van der Waals surface area contributed by atoms with Crippen molar-refractivity contribution in [3.63, 3.8) is 0 Å². The van der Waals surface area contributed by atoms with Gasteiger partial charge in [0.15, 0.2) is 5.69 Å². The standard InChI is InChI=1S/C31H31N2/c1-6-31(7-2)17-16-23-12-9-13-24-25-18-20(3)14-15-26(25)33-27(19-32(31)30(33)29(23)24)28-21(4)10-8-11-22(28)5/h8-19H,6-7H2,1-5H3/q+1. The Hall–Kier alpha value is -3.39. The summed E-state index contributed by atoms with van der Waals surface area (Å²) in [6.45, 7) is 11.3. The van der Waals surface area contributed by atoms with Crippen molar-refractivity contribution in [3.05, 3.63) is 89.1 Å². The largest absolute Gasteiger partial charge is 0.296 e. The van der Waals surface area contributed by atoms with Crippen molar-refractivity contribution in [2.75, 3.05) is 0 Å². The van der Waals surface area contributed by atoms with Crippen LogP contribution in [0, 0.1) is 20.8 Å². The number of aromatic nitrogens is 2. The van der Waals surface area contributed by atoms with E-state index in [1.807, 2.05) is 0 Å². The molecule has 3 aromatic carbocycles. The quantitative estimate of drug-likeness (QED) is 0.205. The molecule has 3 heterocycles. The van der Waals surface area contributed by atoms with Crippen molar-refractivity contribution in [1.29, 1.82) is 0 Å². The van der Waals surface area contributed by atoms with E-state index in [2.05, 4.69) is 117 Å². The lowest BCUT2D eigenvalue weighted by molar-refractivity contribution is -0.728. The highest BCUT2D eigenvalue weighted by atomic mass is 15.2. The molecule has 0 aliphatic carbocycles. The van der Waals surface area contributed by atoms with Gasteiger partial charge in [-0.25, -0.2) is 4.57 Å². The van der Waals surface area contributed by atoms with Crippen molar-refractivity contribution < 1.29 is 4.57 Å². The molecular weight excluding hydrogens is 400 g/mol. The number of hydrogen-bond acceptors (Lipinski definition) is 0. The first kappa shape index (κ1) is 20.2. The third kappa shape index (κ3) is 2.64. The molecule has 0 amide bonds. The van der Waals surface area contributed by atoms with Gasteiger partial charge in [-0.2, -0.15) is 4.40 Å². The Balaban J connectivity index is 1.96. The first-order valence-electron chi connectivity index (χ1n) is 12.2. The molecule has 0 saturated heterocycles. The zero-order chi connectivity index (χ0) is 22.9. The van der Waals surface area contributed by atoms with Crippen LogP contribution in [0.5, 0.6) is 0 Å². The predicted octanol–water partition coefficient (Wildman–Crippen LogP) is 7.67. The highest BCUT2D eigenvalue weighted by molar-refractivity contribution is 6.14. The molecule has 0 spiro atoms. The van der Waals surface area contributed by atoms with E-state index < -0.39 is 0 Å². The molecule has 2 aromatic heterocycles. The highest BCUT2D eigenvalue weighted by Gasteiger charge is 2.38. The molecule has 2 heteroatoms. The number of aryl methyl sites for hydroxylation is 3. The Bertz CT molecular complexity index is 1590. The molecule has 0 fully saturated rings. The topological polar surface area (TPSA) is 8.29 Å². The van der Waals surface area contributed by atoms with Crippen LogP contribution in [0.25, 0.3) is 44.7 Å². The van der Waals surface area contributed by atoms with Gasteiger partial charge in [0, 0.05) is 16.3 Å². The normalized spacial score (nSPS) is 14.6. The van der Waals surface area contributed by atoms with Crippen LogP contribution in [-0.4, -0.2) is 4.40 Å². The van der Waals surface area contributed by atoms with Crippen LogP contribution in [0.3, 0.4) is 0 Å². The van der Waals surface area contributed by atoms with Crippen molar-refractivity contribution in [2.45, 2.75) is 53.0 Å². The maximum absolute atomic E-state index is 2.59. The van der Waals surface area contributed by atoms with Crippen LogP contribution in [0.4, 0.5) is 0 Å². The van der Waals surface area contributed by atoms with Crippen LogP contribution in [0.2, 0.25) is 0 Å². The Morgan fingerprint density at radius 3 is 2.30 bits per heavy atom. The van der Waals surface area contributed by atoms with E-state index in [1.54, 1.807) is 0 Å². The van der Waals surface area contributed by atoms with Crippen molar-refractivity contribution in [1.82, 2.24) is 4.40 Å². The second-order valence-corrected chi connectivity index (χ2v) is 9.74. The molecule has 0 bridgehead atoms. The smallest absolute Gasteiger partial charge is 0.220 e. The number of fused-ring (bicyclic) bond motifs is 3. The zero-order valence-corrected chi connectivity index (χ0v) is 20.2. The van der Waals surface area contributed by atoms with Gasteiger partial charge in [0.25, 0.3) is 5.65 Å². The van der Waals surface area contributed by atoms with Crippen LogP contribution in [-0.2, 0) is 5.54 Å². The number of nitrogens with zero attached hydrogens (tertiary/aromatic N) is 2. The van der Waals surface area contributed by atoms with E-state index in [-0.39, 0.29) is 5.54 Å². The van der Waals surface area contributed by atoms with E-state index in [0.29, 0.717) is 0 Å². The Morgan fingerprint density at radius 2 is 1.58 bits per heavy atom. The second kappa shape index (κ2) is 7.05. The average molecular weight is 432 g/mol. The maximum atomic E-state index is 2.59. The Labute approximate surface area is 195 Å². The fourth-order valence-electron chi connectivity index (χ4n) is 6.07. The van der Waals surface area contributed by atoms with Gasteiger partial charge in [-0.1, -0.05) is 68.0 Å². The summed E-state index contributed by atoms with van der Waals surface area (Å²) in [6, 6.07) is 20.4. The van der Waals surface area contributed by atoms with Crippen LogP contribution in [0.1, 0.15) is 48.9 Å². The van der Waals surface area contributed by atoms with Crippen LogP contribution >= 0.6 is 0 Å². The number of allylic oxidation sites excluding steroid dienone is 1. The Kier molecular flexibility index (Phi) is 4.32. The van der Waals surface area contributed by atoms with Gasteiger partial charge < -0.3 is 0 Å². The molecule has 0 N–H and O–H groups in total. The predicted molar refractivity (Wildman–Crippen MR) is 140 cm³/mol. The summed E-state index contributed by atoms with van der Waals surface area (Å²) in [5, 5.41) is 4.02. The van der Waals surface area contributed by atoms with Crippen molar-refractivity contribution >= 4 is 33.4 Å². The van der Waals surface area contributed by atoms with Gasteiger partial charge >= 0.3 is 0 Å². The molecule has 0 unspecified atom stereocenters. The maximum Gasteiger partial charge on any atom is 0.296 e. The summed E-state index contributed by atoms with van der Waals surface area (Å²) in [5.41, 5.74) is 10.4. The number of rotatable bonds is 3. The summed E-state index contributed by atoms with van der Waals surface area (Å²) in [5.74, 6) is 0. The number of hydrogen-bond donors (Lipinski definition) is 0. The summed E-state index contributed by atoms with van der Waals surface area (Å²) in [7, 11) is 0. The van der Waals surface area contributed by atoms with Gasteiger partial charge in [0.1, 0.15) is 17.3 Å². The van der Waals surface area contributed by atoms with Gasteiger partial charge in [-0.15, -0.1) is 0 Å². The molecule has 6 rings (SSSR count). The van der Waals surface area contributed by atoms with E-state index in [1.165, 1.54) is 60.8 Å². The first-order valence-corrected chi connectivity index (χ1v) is 12.2. The lowest BCUT2D eigenvalue weighted by atomic mass is 9.91.